The normalized spacial score (nSPS) is 35.0. The molecule has 2 rings (SSSR count). The fourth-order valence-electron chi connectivity index (χ4n) is 4.27. The van der Waals surface area contributed by atoms with Crippen LogP contribution in [0.2, 0.25) is 0 Å². The maximum atomic E-state index is 6.44. The van der Waals surface area contributed by atoms with Gasteiger partial charge in [-0.25, -0.2) is 0 Å². The molecule has 2 heteroatoms. The number of hydrogen-bond acceptors (Lipinski definition) is 2. The molecule has 4 atom stereocenters. The van der Waals surface area contributed by atoms with Crippen molar-refractivity contribution in [1.82, 2.24) is 4.90 Å². The third-order valence-corrected chi connectivity index (χ3v) is 5.75. The first-order valence-electron chi connectivity index (χ1n) is 8.17. The van der Waals surface area contributed by atoms with E-state index in [0.717, 1.165) is 23.7 Å². The topological polar surface area (TPSA) is 29.3 Å². The molecule has 0 aromatic heterocycles. The Balaban J connectivity index is 1.86. The largest absolute Gasteiger partial charge is 0.327 e. The molecule has 0 aliphatic heterocycles. The fourth-order valence-corrected chi connectivity index (χ4v) is 4.27. The molecule has 0 aromatic carbocycles. The summed E-state index contributed by atoms with van der Waals surface area (Å²) in [5.41, 5.74) is 6.44. The van der Waals surface area contributed by atoms with Gasteiger partial charge in [0.15, 0.2) is 0 Å². The molecule has 2 aliphatic carbocycles. The van der Waals surface area contributed by atoms with Crippen molar-refractivity contribution < 1.29 is 0 Å². The molecule has 2 bridgehead atoms. The lowest BCUT2D eigenvalue weighted by Gasteiger charge is -2.34. The highest BCUT2D eigenvalue weighted by atomic mass is 15.1. The molecule has 0 amide bonds. The van der Waals surface area contributed by atoms with Crippen LogP contribution in [0.15, 0.2) is 0 Å². The zero-order valence-corrected chi connectivity index (χ0v) is 12.6. The van der Waals surface area contributed by atoms with E-state index < -0.39 is 0 Å². The van der Waals surface area contributed by atoms with Crippen LogP contribution in [0.4, 0.5) is 0 Å². The number of rotatable bonds is 7. The van der Waals surface area contributed by atoms with E-state index in [1.807, 2.05) is 0 Å². The quantitative estimate of drug-likeness (QED) is 0.754. The van der Waals surface area contributed by atoms with Gasteiger partial charge in [-0.05, 0) is 49.5 Å². The van der Waals surface area contributed by atoms with E-state index in [2.05, 4.69) is 25.7 Å². The predicted molar refractivity (Wildman–Crippen MR) is 78.5 cm³/mol. The standard InChI is InChI=1S/C16H32N2/c1-4-12(5-2)10-18(6-3)11-15-13-7-8-14(9-13)16(15)17/h12-16H,4-11,17H2,1-3H3. The number of nitrogens with zero attached hydrogens (tertiary/aromatic N) is 1. The molecule has 2 saturated carbocycles. The zero-order chi connectivity index (χ0) is 13.1. The highest BCUT2D eigenvalue weighted by Crippen LogP contribution is 2.47. The van der Waals surface area contributed by atoms with E-state index in [4.69, 9.17) is 5.73 Å². The molecule has 18 heavy (non-hydrogen) atoms. The van der Waals surface area contributed by atoms with Gasteiger partial charge in [0.05, 0.1) is 0 Å². The molecule has 2 N–H and O–H groups in total. The van der Waals surface area contributed by atoms with Gasteiger partial charge in [-0.1, -0.05) is 33.6 Å². The third kappa shape index (κ3) is 2.91. The molecule has 0 aromatic rings. The Morgan fingerprint density at radius 1 is 1.11 bits per heavy atom. The first-order chi connectivity index (χ1) is 8.69. The van der Waals surface area contributed by atoms with Crippen molar-refractivity contribution in [2.75, 3.05) is 19.6 Å². The summed E-state index contributed by atoms with van der Waals surface area (Å²) in [5.74, 6) is 3.46. The van der Waals surface area contributed by atoms with Crippen LogP contribution in [0.1, 0.15) is 52.9 Å². The second kappa shape index (κ2) is 6.38. The summed E-state index contributed by atoms with van der Waals surface area (Å²) in [6, 6.07) is 0.500. The Hall–Kier alpha value is -0.0800. The van der Waals surface area contributed by atoms with Gasteiger partial charge in [-0.2, -0.15) is 0 Å². The second-order valence-corrected chi connectivity index (χ2v) is 6.61. The highest BCUT2D eigenvalue weighted by molar-refractivity contribution is 4.99. The minimum absolute atomic E-state index is 0.500. The number of nitrogens with two attached hydrogens (primary N) is 1. The van der Waals surface area contributed by atoms with Crippen LogP contribution >= 0.6 is 0 Å². The van der Waals surface area contributed by atoms with Gasteiger partial charge in [0.2, 0.25) is 0 Å². The van der Waals surface area contributed by atoms with Crippen molar-refractivity contribution in [3.8, 4) is 0 Å². The average molecular weight is 252 g/mol. The van der Waals surface area contributed by atoms with Crippen molar-refractivity contribution in [2.45, 2.75) is 58.9 Å². The van der Waals surface area contributed by atoms with Crippen LogP contribution in [0.25, 0.3) is 0 Å². The van der Waals surface area contributed by atoms with Crippen molar-refractivity contribution in [3.05, 3.63) is 0 Å². The Morgan fingerprint density at radius 2 is 1.78 bits per heavy atom. The van der Waals surface area contributed by atoms with Gasteiger partial charge in [0.25, 0.3) is 0 Å². The Labute approximate surface area is 113 Å². The molecule has 4 unspecified atom stereocenters. The Morgan fingerprint density at radius 3 is 2.28 bits per heavy atom. The summed E-state index contributed by atoms with van der Waals surface area (Å²) in [4.78, 5) is 2.67. The molecule has 2 nitrogen and oxygen atoms in total. The molecule has 0 radical (unpaired) electrons. The van der Waals surface area contributed by atoms with Gasteiger partial charge in [0.1, 0.15) is 0 Å². The predicted octanol–water partition coefficient (Wildman–Crippen LogP) is 3.12. The van der Waals surface area contributed by atoms with Gasteiger partial charge in [-0.15, -0.1) is 0 Å². The molecule has 0 heterocycles. The number of hydrogen-bond donors (Lipinski definition) is 1. The zero-order valence-electron chi connectivity index (χ0n) is 12.6. The minimum Gasteiger partial charge on any atom is -0.327 e. The van der Waals surface area contributed by atoms with E-state index in [1.165, 1.54) is 51.7 Å². The van der Waals surface area contributed by atoms with E-state index in [9.17, 15) is 0 Å². The lowest BCUT2D eigenvalue weighted by molar-refractivity contribution is 0.158. The van der Waals surface area contributed by atoms with Gasteiger partial charge in [-0.3, -0.25) is 0 Å². The van der Waals surface area contributed by atoms with Crippen molar-refractivity contribution in [2.24, 2.45) is 29.4 Å². The third-order valence-electron chi connectivity index (χ3n) is 5.75. The number of fused-ring (bicyclic) bond motifs is 2. The first kappa shape index (κ1) is 14.3. The summed E-state index contributed by atoms with van der Waals surface area (Å²) < 4.78 is 0. The molecule has 0 spiro atoms. The lowest BCUT2D eigenvalue weighted by atomic mass is 9.84. The van der Waals surface area contributed by atoms with Gasteiger partial charge in [0, 0.05) is 19.1 Å². The van der Waals surface area contributed by atoms with Crippen LogP contribution < -0.4 is 5.73 Å². The maximum Gasteiger partial charge on any atom is 0.0111 e. The fraction of sp³-hybridized carbons (Fsp3) is 1.00. The van der Waals surface area contributed by atoms with Gasteiger partial charge < -0.3 is 10.6 Å². The first-order valence-corrected chi connectivity index (χ1v) is 8.17. The molecular weight excluding hydrogens is 220 g/mol. The monoisotopic (exact) mass is 252 g/mol. The summed E-state index contributed by atoms with van der Waals surface area (Å²) in [7, 11) is 0. The molecule has 0 saturated heterocycles. The smallest absolute Gasteiger partial charge is 0.0111 e. The summed E-state index contributed by atoms with van der Waals surface area (Å²) in [6.45, 7) is 10.7. The lowest BCUT2D eigenvalue weighted by Crippen LogP contribution is -2.44. The molecular formula is C16H32N2. The van der Waals surface area contributed by atoms with Crippen LogP contribution in [-0.2, 0) is 0 Å². The Kier molecular flexibility index (Phi) is 5.08. The van der Waals surface area contributed by atoms with Crippen LogP contribution in [-0.4, -0.2) is 30.6 Å². The van der Waals surface area contributed by atoms with Crippen LogP contribution in [0.5, 0.6) is 0 Å². The van der Waals surface area contributed by atoms with Crippen LogP contribution in [0.3, 0.4) is 0 Å². The van der Waals surface area contributed by atoms with E-state index in [1.54, 1.807) is 0 Å². The summed E-state index contributed by atoms with van der Waals surface area (Å²) >= 11 is 0. The summed E-state index contributed by atoms with van der Waals surface area (Å²) in [5, 5.41) is 0. The Bertz CT molecular complexity index is 247. The van der Waals surface area contributed by atoms with Crippen molar-refractivity contribution in [3.63, 3.8) is 0 Å². The molecule has 2 aliphatic rings. The van der Waals surface area contributed by atoms with E-state index in [0.29, 0.717) is 6.04 Å². The van der Waals surface area contributed by atoms with Crippen molar-refractivity contribution >= 4 is 0 Å². The average Bonchev–Trinajstić information content (AvgIpc) is 2.97. The minimum atomic E-state index is 0.500. The SMILES string of the molecule is CCC(CC)CN(CC)CC1C2CCC(C2)C1N. The molecule has 106 valence electrons. The van der Waals surface area contributed by atoms with Crippen LogP contribution in [0, 0.1) is 23.7 Å². The highest BCUT2D eigenvalue weighted by Gasteiger charge is 2.45. The van der Waals surface area contributed by atoms with E-state index >= 15 is 0 Å². The second-order valence-electron chi connectivity index (χ2n) is 6.61. The maximum absolute atomic E-state index is 6.44. The van der Waals surface area contributed by atoms with Gasteiger partial charge >= 0.3 is 0 Å². The molecule has 2 fully saturated rings. The summed E-state index contributed by atoms with van der Waals surface area (Å²) in [6.07, 6.45) is 6.91. The van der Waals surface area contributed by atoms with E-state index in [-0.39, 0.29) is 0 Å². The van der Waals surface area contributed by atoms with Crippen molar-refractivity contribution in [1.29, 1.82) is 0 Å².